The number of hydrogen-bond acceptors (Lipinski definition) is 2. The van der Waals surface area contributed by atoms with E-state index in [0.29, 0.717) is 17.7 Å². The normalized spacial score (nSPS) is 15.2. The standard InChI is InChI=1S/C24H17F5N2O2/c1-12-4-2-3-5-17(12)21-20-18(23(33)31-21)6-13(11-25)7-19(20)30-22(32)14-8-15(24(27,28)29)10-16(26)9-14/h2-10,21H,11H2,1H3,(H,30,32)(H,31,33). The molecule has 4 nitrogen and oxygen atoms in total. The molecule has 0 saturated carbocycles. The molecule has 0 bridgehead atoms. The summed E-state index contributed by atoms with van der Waals surface area (Å²) in [6.45, 7) is 0.899. The third-order valence-electron chi connectivity index (χ3n) is 5.44. The fourth-order valence-electron chi connectivity index (χ4n) is 3.90. The molecule has 1 aliphatic rings. The number of halogens is 5. The molecule has 33 heavy (non-hydrogen) atoms. The minimum Gasteiger partial charge on any atom is -0.341 e. The molecule has 0 fully saturated rings. The summed E-state index contributed by atoms with van der Waals surface area (Å²) in [4.78, 5) is 25.4. The van der Waals surface area contributed by atoms with Gasteiger partial charge in [0.2, 0.25) is 0 Å². The second-order valence-electron chi connectivity index (χ2n) is 7.68. The number of benzene rings is 3. The largest absolute Gasteiger partial charge is 0.416 e. The van der Waals surface area contributed by atoms with Gasteiger partial charge in [0, 0.05) is 22.4 Å². The van der Waals surface area contributed by atoms with Crippen molar-refractivity contribution in [3.8, 4) is 0 Å². The Kier molecular flexibility index (Phi) is 5.65. The molecule has 0 aliphatic carbocycles. The van der Waals surface area contributed by atoms with Crippen molar-refractivity contribution in [1.82, 2.24) is 5.32 Å². The number of rotatable bonds is 4. The Bertz CT molecular complexity index is 1270. The van der Waals surface area contributed by atoms with Crippen LogP contribution in [0.5, 0.6) is 0 Å². The van der Waals surface area contributed by atoms with E-state index in [4.69, 9.17) is 0 Å². The molecule has 1 heterocycles. The highest BCUT2D eigenvalue weighted by Crippen LogP contribution is 2.39. The van der Waals surface area contributed by atoms with Crippen molar-refractivity contribution in [3.05, 3.63) is 99.4 Å². The summed E-state index contributed by atoms with van der Waals surface area (Å²) in [5, 5.41) is 5.24. The zero-order chi connectivity index (χ0) is 23.9. The van der Waals surface area contributed by atoms with Crippen molar-refractivity contribution in [2.45, 2.75) is 25.8 Å². The first kappa shape index (κ1) is 22.4. The molecule has 0 radical (unpaired) electrons. The molecule has 0 spiro atoms. The quantitative estimate of drug-likeness (QED) is 0.491. The van der Waals surface area contributed by atoms with Crippen molar-refractivity contribution >= 4 is 17.5 Å². The van der Waals surface area contributed by atoms with Gasteiger partial charge in [0.05, 0.1) is 11.6 Å². The second-order valence-corrected chi connectivity index (χ2v) is 7.68. The average Bonchev–Trinajstić information content (AvgIpc) is 3.09. The van der Waals surface area contributed by atoms with Crippen molar-refractivity contribution in [2.24, 2.45) is 0 Å². The van der Waals surface area contributed by atoms with Gasteiger partial charge in [0.15, 0.2) is 0 Å². The number of aryl methyl sites for hydroxylation is 1. The molecular formula is C24H17F5N2O2. The lowest BCUT2D eigenvalue weighted by molar-refractivity contribution is -0.137. The van der Waals surface area contributed by atoms with Crippen LogP contribution in [0.25, 0.3) is 0 Å². The van der Waals surface area contributed by atoms with E-state index in [-0.39, 0.29) is 22.9 Å². The van der Waals surface area contributed by atoms with Crippen LogP contribution in [-0.2, 0) is 12.9 Å². The Labute approximate surface area is 185 Å². The summed E-state index contributed by atoms with van der Waals surface area (Å²) in [5.41, 5.74) is 0.350. The van der Waals surface area contributed by atoms with Crippen LogP contribution >= 0.6 is 0 Å². The maximum Gasteiger partial charge on any atom is 0.416 e. The molecule has 9 heteroatoms. The van der Waals surface area contributed by atoms with E-state index < -0.39 is 47.7 Å². The first-order chi connectivity index (χ1) is 15.6. The van der Waals surface area contributed by atoms with Crippen LogP contribution in [0.2, 0.25) is 0 Å². The van der Waals surface area contributed by atoms with Crippen molar-refractivity contribution < 1.29 is 31.5 Å². The molecule has 170 valence electrons. The monoisotopic (exact) mass is 460 g/mol. The average molecular weight is 460 g/mol. The molecule has 1 atom stereocenters. The number of carbonyl (C=O) groups is 2. The molecule has 2 amide bonds. The van der Waals surface area contributed by atoms with E-state index in [2.05, 4.69) is 10.6 Å². The molecule has 2 N–H and O–H groups in total. The molecule has 3 aromatic carbocycles. The van der Waals surface area contributed by atoms with Crippen LogP contribution in [-0.4, -0.2) is 11.8 Å². The maximum absolute atomic E-state index is 13.8. The summed E-state index contributed by atoms with van der Waals surface area (Å²) in [6, 6.07) is 10.7. The number of hydrogen-bond donors (Lipinski definition) is 2. The van der Waals surface area contributed by atoms with Crippen molar-refractivity contribution in [1.29, 1.82) is 0 Å². The SMILES string of the molecule is Cc1ccccc1C1NC(=O)c2cc(CF)cc(NC(=O)c3cc(F)cc(C(F)(F)F)c3)c21. The summed E-state index contributed by atoms with van der Waals surface area (Å²) in [6.07, 6.45) is -4.85. The lowest BCUT2D eigenvalue weighted by Gasteiger charge is -2.19. The van der Waals surface area contributed by atoms with Gasteiger partial charge in [-0.25, -0.2) is 8.78 Å². The van der Waals surface area contributed by atoms with Crippen LogP contribution < -0.4 is 10.6 Å². The lowest BCUT2D eigenvalue weighted by atomic mass is 9.92. The van der Waals surface area contributed by atoms with Gasteiger partial charge in [-0.15, -0.1) is 0 Å². The number of anilines is 1. The number of nitrogens with one attached hydrogen (secondary N) is 2. The smallest absolute Gasteiger partial charge is 0.341 e. The number of amides is 2. The predicted molar refractivity (Wildman–Crippen MR) is 111 cm³/mol. The Morgan fingerprint density at radius 2 is 1.82 bits per heavy atom. The van der Waals surface area contributed by atoms with Gasteiger partial charge in [-0.2, -0.15) is 13.2 Å². The first-order valence-electron chi connectivity index (χ1n) is 9.87. The Hall–Kier alpha value is -3.75. The van der Waals surface area contributed by atoms with E-state index in [0.717, 1.165) is 11.1 Å². The first-order valence-corrected chi connectivity index (χ1v) is 9.87. The van der Waals surface area contributed by atoms with Crippen LogP contribution in [0, 0.1) is 12.7 Å². The number of fused-ring (bicyclic) bond motifs is 1. The molecule has 1 unspecified atom stereocenters. The summed E-state index contributed by atoms with van der Waals surface area (Å²) in [5.74, 6) is -2.73. The molecular weight excluding hydrogens is 443 g/mol. The minimum absolute atomic E-state index is 0.0505. The highest BCUT2D eigenvalue weighted by atomic mass is 19.4. The van der Waals surface area contributed by atoms with Gasteiger partial charge in [-0.1, -0.05) is 24.3 Å². The van der Waals surface area contributed by atoms with E-state index in [1.807, 2.05) is 19.1 Å². The van der Waals surface area contributed by atoms with E-state index in [1.165, 1.54) is 12.1 Å². The van der Waals surface area contributed by atoms with Crippen LogP contribution in [0.15, 0.2) is 54.6 Å². The molecule has 1 aliphatic heterocycles. The molecule has 0 saturated heterocycles. The van der Waals surface area contributed by atoms with Gasteiger partial charge >= 0.3 is 6.18 Å². The van der Waals surface area contributed by atoms with Crippen molar-refractivity contribution in [3.63, 3.8) is 0 Å². The number of carbonyl (C=O) groups excluding carboxylic acids is 2. The third kappa shape index (κ3) is 4.30. The van der Waals surface area contributed by atoms with Gasteiger partial charge in [-0.3, -0.25) is 9.59 Å². The van der Waals surface area contributed by atoms with Gasteiger partial charge in [-0.05, 0) is 53.9 Å². The maximum atomic E-state index is 13.8. The van der Waals surface area contributed by atoms with Crippen LogP contribution in [0.3, 0.4) is 0 Å². The second kappa shape index (κ2) is 8.31. The molecule has 0 aromatic heterocycles. The van der Waals surface area contributed by atoms with E-state index in [9.17, 15) is 31.5 Å². The lowest BCUT2D eigenvalue weighted by Crippen LogP contribution is -2.21. The summed E-state index contributed by atoms with van der Waals surface area (Å²) in [7, 11) is 0. The topological polar surface area (TPSA) is 58.2 Å². The fraction of sp³-hybridized carbons (Fsp3) is 0.167. The highest BCUT2D eigenvalue weighted by molar-refractivity contribution is 6.08. The predicted octanol–water partition coefficient (Wildman–Crippen LogP) is 5.71. The van der Waals surface area contributed by atoms with E-state index in [1.54, 1.807) is 12.1 Å². The summed E-state index contributed by atoms with van der Waals surface area (Å²) < 4.78 is 66.4. The Morgan fingerprint density at radius 1 is 1.09 bits per heavy atom. The zero-order valence-electron chi connectivity index (χ0n) is 17.2. The fourth-order valence-corrected chi connectivity index (χ4v) is 3.90. The molecule has 4 rings (SSSR count). The minimum atomic E-state index is -4.85. The van der Waals surface area contributed by atoms with Gasteiger partial charge < -0.3 is 10.6 Å². The number of alkyl halides is 4. The van der Waals surface area contributed by atoms with Crippen LogP contribution in [0.4, 0.5) is 27.6 Å². The third-order valence-corrected chi connectivity index (χ3v) is 5.44. The van der Waals surface area contributed by atoms with Crippen molar-refractivity contribution in [2.75, 3.05) is 5.32 Å². The zero-order valence-corrected chi connectivity index (χ0v) is 17.2. The Balaban J connectivity index is 1.80. The van der Waals surface area contributed by atoms with Crippen LogP contribution in [0.1, 0.15) is 54.6 Å². The van der Waals surface area contributed by atoms with Gasteiger partial charge in [0.25, 0.3) is 11.8 Å². The summed E-state index contributed by atoms with van der Waals surface area (Å²) >= 11 is 0. The highest BCUT2D eigenvalue weighted by Gasteiger charge is 2.35. The Morgan fingerprint density at radius 3 is 2.48 bits per heavy atom. The van der Waals surface area contributed by atoms with Gasteiger partial charge in [0.1, 0.15) is 12.5 Å². The van der Waals surface area contributed by atoms with E-state index >= 15 is 0 Å². The molecule has 3 aromatic rings.